The van der Waals surface area contributed by atoms with E-state index in [2.05, 4.69) is 15.5 Å². The Labute approximate surface area is 164 Å². The summed E-state index contributed by atoms with van der Waals surface area (Å²) in [6.45, 7) is 9.78. The molecule has 2 heterocycles. The van der Waals surface area contributed by atoms with Crippen molar-refractivity contribution in [3.63, 3.8) is 0 Å². The van der Waals surface area contributed by atoms with Crippen LogP contribution in [0.3, 0.4) is 0 Å². The summed E-state index contributed by atoms with van der Waals surface area (Å²) >= 11 is 0. The predicted molar refractivity (Wildman–Crippen MR) is 104 cm³/mol. The minimum atomic E-state index is -0.483. The van der Waals surface area contributed by atoms with Crippen molar-refractivity contribution in [1.29, 1.82) is 0 Å². The minimum absolute atomic E-state index is 0.201. The number of amides is 3. The molecule has 2 N–H and O–H groups in total. The van der Waals surface area contributed by atoms with Gasteiger partial charge in [-0.2, -0.15) is 0 Å². The maximum atomic E-state index is 12.1. The zero-order valence-electron chi connectivity index (χ0n) is 16.6. The van der Waals surface area contributed by atoms with E-state index in [0.717, 1.165) is 19.6 Å². The molecule has 0 unspecified atom stereocenters. The Kier molecular flexibility index (Phi) is 6.13. The van der Waals surface area contributed by atoms with Crippen LogP contribution in [0.4, 0.5) is 15.3 Å². The van der Waals surface area contributed by atoms with E-state index in [1.165, 1.54) is 0 Å². The molecule has 0 bridgehead atoms. The van der Waals surface area contributed by atoms with Crippen LogP contribution < -0.4 is 20.1 Å². The molecule has 0 aliphatic carbocycles. The molecule has 1 aromatic rings. The number of nitrogens with one attached hydrogen (secondary N) is 2. The normalized spacial score (nSPS) is 16.6. The van der Waals surface area contributed by atoms with Gasteiger partial charge in [-0.25, -0.2) is 9.59 Å². The van der Waals surface area contributed by atoms with Crippen molar-refractivity contribution in [2.45, 2.75) is 26.4 Å². The summed E-state index contributed by atoms with van der Waals surface area (Å²) < 4.78 is 15.9. The van der Waals surface area contributed by atoms with E-state index in [1.807, 2.05) is 20.8 Å². The van der Waals surface area contributed by atoms with E-state index in [4.69, 9.17) is 14.2 Å². The number of hydrogen-bond acceptors (Lipinski definition) is 6. The van der Waals surface area contributed by atoms with Crippen molar-refractivity contribution >= 4 is 17.8 Å². The van der Waals surface area contributed by atoms with Gasteiger partial charge >= 0.3 is 12.1 Å². The first kappa shape index (κ1) is 20.1. The van der Waals surface area contributed by atoms with E-state index in [9.17, 15) is 9.59 Å². The number of carbonyl (C=O) groups is 2. The minimum Gasteiger partial charge on any atom is -0.454 e. The molecular formula is C19H28N4O5. The van der Waals surface area contributed by atoms with Crippen LogP contribution in [0.1, 0.15) is 20.8 Å². The molecule has 3 amide bonds. The standard InChI is InChI=1S/C19H28N4O5/c1-19(2,3)28-18(25)23-10-8-22(9-11-23)7-6-20-17(24)21-14-4-5-15-16(12-14)27-13-26-15/h4-5,12H,6-11,13H2,1-3H3,(H2,20,21,24). The van der Waals surface area contributed by atoms with Gasteiger partial charge < -0.3 is 29.7 Å². The highest BCUT2D eigenvalue weighted by molar-refractivity contribution is 5.89. The van der Waals surface area contributed by atoms with Crippen LogP contribution in [0.5, 0.6) is 11.5 Å². The Morgan fingerprint density at radius 2 is 1.82 bits per heavy atom. The van der Waals surface area contributed by atoms with Gasteiger partial charge in [-0.1, -0.05) is 0 Å². The molecule has 154 valence electrons. The second-order valence-electron chi connectivity index (χ2n) is 7.76. The summed E-state index contributed by atoms with van der Waals surface area (Å²) in [5, 5.41) is 5.62. The molecule has 2 aliphatic heterocycles. The average molecular weight is 392 g/mol. The van der Waals surface area contributed by atoms with Crippen molar-refractivity contribution < 1.29 is 23.8 Å². The number of fused-ring (bicyclic) bond motifs is 1. The molecular weight excluding hydrogens is 364 g/mol. The van der Waals surface area contributed by atoms with E-state index in [-0.39, 0.29) is 18.9 Å². The molecule has 3 rings (SSSR count). The number of anilines is 1. The molecule has 9 nitrogen and oxygen atoms in total. The zero-order valence-corrected chi connectivity index (χ0v) is 16.6. The molecule has 1 saturated heterocycles. The molecule has 0 atom stereocenters. The van der Waals surface area contributed by atoms with E-state index >= 15 is 0 Å². The highest BCUT2D eigenvalue weighted by atomic mass is 16.7. The van der Waals surface area contributed by atoms with Gasteiger partial charge in [0.05, 0.1) is 0 Å². The largest absolute Gasteiger partial charge is 0.454 e. The lowest BCUT2D eigenvalue weighted by Gasteiger charge is -2.35. The van der Waals surface area contributed by atoms with Gasteiger partial charge in [-0.05, 0) is 32.9 Å². The number of rotatable bonds is 4. The summed E-state index contributed by atoms with van der Waals surface area (Å²) in [4.78, 5) is 28.1. The number of nitrogens with zero attached hydrogens (tertiary/aromatic N) is 2. The lowest BCUT2D eigenvalue weighted by atomic mass is 10.2. The molecule has 0 aromatic heterocycles. The molecule has 9 heteroatoms. The Hall–Kier alpha value is -2.68. The lowest BCUT2D eigenvalue weighted by molar-refractivity contribution is 0.0147. The first-order chi connectivity index (χ1) is 13.3. The van der Waals surface area contributed by atoms with Gasteiger partial charge in [0.15, 0.2) is 11.5 Å². The summed E-state index contributed by atoms with van der Waals surface area (Å²) in [7, 11) is 0. The summed E-state index contributed by atoms with van der Waals surface area (Å²) in [6, 6.07) is 4.99. The number of ether oxygens (including phenoxy) is 3. The topological polar surface area (TPSA) is 92.4 Å². The molecule has 0 saturated carbocycles. The van der Waals surface area contributed by atoms with Gasteiger partial charge in [0.1, 0.15) is 5.60 Å². The third-order valence-corrected chi connectivity index (χ3v) is 4.37. The molecule has 2 aliphatic rings. The summed E-state index contributed by atoms with van der Waals surface area (Å²) in [5.74, 6) is 1.30. The Balaban J connectivity index is 1.33. The predicted octanol–water partition coefficient (Wildman–Crippen LogP) is 2.09. The molecule has 0 spiro atoms. The molecule has 28 heavy (non-hydrogen) atoms. The van der Waals surface area contributed by atoms with Crippen molar-refractivity contribution in [2.75, 3.05) is 51.4 Å². The van der Waals surface area contributed by atoms with Crippen LogP contribution in [0.15, 0.2) is 18.2 Å². The maximum absolute atomic E-state index is 12.1. The average Bonchev–Trinajstić information content (AvgIpc) is 3.08. The number of urea groups is 1. The zero-order chi connectivity index (χ0) is 20.1. The van der Waals surface area contributed by atoms with Gasteiger partial charge in [-0.3, -0.25) is 4.90 Å². The Bertz CT molecular complexity index is 711. The SMILES string of the molecule is CC(C)(C)OC(=O)N1CCN(CCNC(=O)Nc2ccc3c(c2)OCO3)CC1. The van der Waals surface area contributed by atoms with Crippen LogP contribution >= 0.6 is 0 Å². The van der Waals surface area contributed by atoms with Crippen LogP contribution in [0.2, 0.25) is 0 Å². The van der Waals surface area contributed by atoms with Crippen molar-refractivity contribution in [1.82, 2.24) is 15.1 Å². The third kappa shape index (κ3) is 5.66. The monoisotopic (exact) mass is 392 g/mol. The smallest absolute Gasteiger partial charge is 0.410 e. The highest BCUT2D eigenvalue weighted by Crippen LogP contribution is 2.34. The second kappa shape index (κ2) is 8.55. The quantitative estimate of drug-likeness (QED) is 0.815. The summed E-state index contributed by atoms with van der Waals surface area (Å²) in [6.07, 6.45) is -0.270. The second-order valence-corrected chi connectivity index (χ2v) is 7.76. The van der Waals surface area contributed by atoms with Crippen molar-refractivity contribution in [2.24, 2.45) is 0 Å². The van der Waals surface area contributed by atoms with E-state index in [1.54, 1.807) is 23.1 Å². The Morgan fingerprint density at radius 3 is 2.54 bits per heavy atom. The van der Waals surface area contributed by atoms with Crippen LogP contribution in [0.25, 0.3) is 0 Å². The third-order valence-electron chi connectivity index (χ3n) is 4.37. The fraction of sp³-hybridized carbons (Fsp3) is 0.579. The van der Waals surface area contributed by atoms with E-state index in [0.29, 0.717) is 36.8 Å². The first-order valence-corrected chi connectivity index (χ1v) is 9.45. The number of benzene rings is 1. The highest BCUT2D eigenvalue weighted by Gasteiger charge is 2.25. The van der Waals surface area contributed by atoms with Crippen LogP contribution in [-0.2, 0) is 4.74 Å². The molecule has 0 radical (unpaired) electrons. The number of piperazine rings is 1. The number of hydrogen-bond donors (Lipinski definition) is 2. The maximum Gasteiger partial charge on any atom is 0.410 e. The molecule has 1 fully saturated rings. The van der Waals surface area contributed by atoms with Crippen molar-refractivity contribution in [3.05, 3.63) is 18.2 Å². The summed E-state index contributed by atoms with van der Waals surface area (Å²) in [5.41, 5.74) is 0.163. The fourth-order valence-electron chi connectivity index (χ4n) is 2.96. The van der Waals surface area contributed by atoms with Crippen molar-refractivity contribution in [3.8, 4) is 11.5 Å². The number of carbonyl (C=O) groups excluding carboxylic acids is 2. The Morgan fingerprint density at radius 1 is 1.11 bits per heavy atom. The van der Waals surface area contributed by atoms with Gasteiger partial charge in [0, 0.05) is 51.0 Å². The van der Waals surface area contributed by atoms with Crippen LogP contribution in [0, 0.1) is 0 Å². The fourth-order valence-corrected chi connectivity index (χ4v) is 2.96. The molecule has 1 aromatic carbocycles. The first-order valence-electron chi connectivity index (χ1n) is 9.45. The van der Waals surface area contributed by atoms with Gasteiger partial charge in [-0.15, -0.1) is 0 Å². The van der Waals surface area contributed by atoms with Gasteiger partial charge in [0.2, 0.25) is 6.79 Å². The van der Waals surface area contributed by atoms with Crippen LogP contribution in [-0.4, -0.2) is 73.6 Å². The van der Waals surface area contributed by atoms with E-state index < -0.39 is 5.60 Å². The lowest BCUT2D eigenvalue weighted by Crippen LogP contribution is -2.51. The van der Waals surface area contributed by atoms with Gasteiger partial charge in [0.25, 0.3) is 0 Å².